The van der Waals surface area contributed by atoms with Crippen LogP contribution in [-0.4, -0.2) is 27.3 Å². The Morgan fingerprint density at radius 2 is 1.79 bits per heavy atom. The van der Waals surface area contributed by atoms with Crippen LogP contribution in [0.15, 0.2) is 48.0 Å². The molecule has 1 aliphatic heterocycles. The zero-order valence-corrected chi connectivity index (χ0v) is 16.0. The van der Waals surface area contributed by atoms with Gasteiger partial charge in [-0.25, -0.2) is 4.79 Å². The van der Waals surface area contributed by atoms with E-state index in [1.54, 1.807) is 32.4 Å². The number of nitriles is 1. The molecule has 2 aromatic rings. The maximum atomic E-state index is 12.2. The van der Waals surface area contributed by atoms with E-state index >= 15 is 0 Å². The lowest BCUT2D eigenvalue weighted by atomic mass is 9.94. The Morgan fingerprint density at radius 3 is 2.43 bits per heavy atom. The summed E-state index contributed by atoms with van der Waals surface area (Å²) in [5.74, 6) is 1.45. The fraction of sp³-hybridized carbons (Fsp3) is 0.182. The lowest BCUT2D eigenvalue weighted by Gasteiger charge is -2.22. The molecule has 0 aromatic heterocycles. The molecule has 6 nitrogen and oxygen atoms in total. The van der Waals surface area contributed by atoms with E-state index in [0.29, 0.717) is 39.7 Å². The zero-order valence-electron chi connectivity index (χ0n) is 16.0. The summed E-state index contributed by atoms with van der Waals surface area (Å²) < 4.78 is 21.5. The maximum absolute atomic E-state index is 12.2. The Balaban J connectivity index is 2.22. The van der Waals surface area contributed by atoms with Crippen molar-refractivity contribution in [3.05, 3.63) is 64.7 Å². The van der Waals surface area contributed by atoms with Crippen LogP contribution in [0.5, 0.6) is 17.2 Å². The molecule has 0 saturated carbocycles. The van der Waals surface area contributed by atoms with Crippen LogP contribution in [0.2, 0.25) is 0 Å². The highest BCUT2D eigenvalue weighted by Crippen LogP contribution is 2.40. The van der Waals surface area contributed by atoms with Crippen molar-refractivity contribution in [2.75, 3.05) is 21.3 Å². The van der Waals surface area contributed by atoms with Crippen molar-refractivity contribution >= 4 is 17.3 Å². The van der Waals surface area contributed by atoms with E-state index in [4.69, 9.17) is 18.9 Å². The van der Waals surface area contributed by atoms with Gasteiger partial charge in [-0.15, -0.1) is 0 Å². The minimum Gasteiger partial charge on any atom is -0.493 e. The molecule has 0 fully saturated rings. The number of carbonyl (C=O) groups excluding carboxylic acids is 1. The van der Waals surface area contributed by atoms with E-state index in [0.717, 1.165) is 5.56 Å². The number of esters is 1. The summed E-state index contributed by atoms with van der Waals surface area (Å²) in [6, 6.07) is 12.9. The van der Waals surface area contributed by atoms with Gasteiger partial charge in [0, 0.05) is 16.7 Å². The molecule has 0 amide bonds. The zero-order chi connectivity index (χ0) is 20.3. The molecule has 1 heterocycles. The van der Waals surface area contributed by atoms with Gasteiger partial charge in [-0.3, -0.25) is 0 Å². The minimum absolute atomic E-state index is 0.0874. The quantitative estimate of drug-likeness (QED) is 0.457. The Labute approximate surface area is 163 Å². The number of fused-ring (bicyclic) bond motifs is 1. The average molecular weight is 377 g/mol. The number of methoxy groups -OCH3 is 3. The molecular formula is C22H19NO5. The van der Waals surface area contributed by atoms with Gasteiger partial charge < -0.3 is 18.9 Å². The molecule has 0 aliphatic carbocycles. The van der Waals surface area contributed by atoms with Crippen LogP contribution in [-0.2, 0) is 9.53 Å². The van der Waals surface area contributed by atoms with Crippen molar-refractivity contribution in [3.8, 4) is 23.3 Å². The smallest absolute Gasteiger partial charge is 0.349 e. The summed E-state index contributed by atoms with van der Waals surface area (Å²) in [6.07, 6.45) is 1.67. The number of nitrogens with zero attached hydrogens (tertiary/aromatic N) is 1. The number of rotatable bonds is 4. The fourth-order valence-electron chi connectivity index (χ4n) is 2.96. The van der Waals surface area contributed by atoms with E-state index in [2.05, 4.69) is 0 Å². The topological polar surface area (TPSA) is 77.8 Å². The highest BCUT2D eigenvalue weighted by Gasteiger charge is 2.25. The van der Waals surface area contributed by atoms with Crippen LogP contribution in [0.3, 0.4) is 0 Å². The maximum Gasteiger partial charge on any atom is 0.349 e. The summed E-state index contributed by atoms with van der Waals surface area (Å²) in [5.41, 5.74) is 2.71. The number of hydrogen-bond donors (Lipinski definition) is 0. The van der Waals surface area contributed by atoms with Crippen LogP contribution in [0.25, 0.3) is 11.3 Å². The monoisotopic (exact) mass is 377 g/mol. The molecule has 0 atom stereocenters. The Bertz CT molecular complexity index is 1040. The van der Waals surface area contributed by atoms with E-state index < -0.39 is 5.97 Å². The summed E-state index contributed by atoms with van der Waals surface area (Å²) in [5, 5.41) is 9.57. The predicted molar refractivity (Wildman–Crippen MR) is 104 cm³/mol. The summed E-state index contributed by atoms with van der Waals surface area (Å²) in [7, 11) is 4.35. The van der Waals surface area contributed by atoms with E-state index in [-0.39, 0.29) is 5.57 Å². The second-order valence-electron chi connectivity index (χ2n) is 6.07. The molecule has 0 bridgehead atoms. The molecule has 0 N–H and O–H groups in total. The molecule has 3 rings (SSSR count). The second kappa shape index (κ2) is 7.89. The average Bonchev–Trinajstić information content (AvgIpc) is 2.73. The Hall–Kier alpha value is -3.72. The predicted octanol–water partition coefficient (Wildman–Crippen LogP) is 3.90. The van der Waals surface area contributed by atoms with Gasteiger partial charge >= 0.3 is 5.97 Å². The first-order chi connectivity index (χ1) is 13.5. The number of ether oxygens (including phenoxy) is 4. The molecule has 0 radical (unpaired) electrons. The van der Waals surface area contributed by atoms with Crippen molar-refractivity contribution in [1.29, 1.82) is 5.26 Å². The van der Waals surface area contributed by atoms with Crippen molar-refractivity contribution in [3.63, 3.8) is 0 Å². The van der Waals surface area contributed by atoms with Gasteiger partial charge in [0.15, 0.2) is 11.5 Å². The molecular weight excluding hydrogens is 358 g/mol. The minimum atomic E-state index is -0.699. The Morgan fingerprint density at radius 1 is 1.04 bits per heavy atom. The standard InChI is InChI=1S/C22H19NO5/c1-13-5-7-18-16(9-13)15(17(12-23)22(24)27-4)11-20(28-18)14-6-8-19(25-2)21(10-14)26-3/h5-11H,1-4H3/b17-15-. The number of aryl methyl sites for hydroxylation is 1. The molecule has 6 heteroatoms. The summed E-state index contributed by atoms with van der Waals surface area (Å²) in [4.78, 5) is 12.2. The molecule has 2 aromatic carbocycles. The van der Waals surface area contributed by atoms with Gasteiger partial charge in [-0.2, -0.15) is 5.26 Å². The third-order valence-electron chi connectivity index (χ3n) is 4.36. The van der Waals surface area contributed by atoms with Crippen molar-refractivity contribution < 1.29 is 23.7 Å². The van der Waals surface area contributed by atoms with Crippen molar-refractivity contribution in [2.24, 2.45) is 0 Å². The largest absolute Gasteiger partial charge is 0.493 e. The third kappa shape index (κ3) is 3.42. The van der Waals surface area contributed by atoms with Gasteiger partial charge in [0.2, 0.25) is 0 Å². The van der Waals surface area contributed by atoms with Crippen LogP contribution in [0, 0.1) is 18.3 Å². The van der Waals surface area contributed by atoms with Crippen LogP contribution in [0.4, 0.5) is 0 Å². The van der Waals surface area contributed by atoms with Gasteiger partial charge in [0.05, 0.1) is 21.3 Å². The molecule has 142 valence electrons. The Kier molecular flexibility index (Phi) is 5.37. The highest BCUT2D eigenvalue weighted by molar-refractivity contribution is 6.06. The number of hydrogen-bond acceptors (Lipinski definition) is 6. The summed E-state index contributed by atoms with van der Waals surface area (Å²) >= 11 is 0. The van der Waals surface area contributed by atoms with Gasteiger partial charge in [-0.1, -0.05) is 11.6 Å². The SMILES string of the molecule is COC(=O)/C(C#N)=C1/C=C(c2ccc(OC)c(OC)c2)Oc2ccc(C)cc21. The number of allylic oxidation sites excluding steroid dienone is 2. The highest BCUT2D eigenvalue weighted by atomic mass is 16.5. The van der Waals surface area contributed by atoms with Crippen molar-refractivity contribution in [2.45, 2.75) is 6.92 Å². The molecule has 28 heavy (non-hydrogen) atoms. The van der Waals surface area contributed by atoms with Crippen LogP contribution in [0.1, 0.15) is 16.7 Å². The van der Waals surface area contributed by atoms with E-state index in [1.807, 2.05) is 37.3 Å². The first kappa shape index (κ1) is 19.1. The normalized spacial score (nSPS) is 14.0. The van der Waals surface area contributed by atoms with E-state index in [9.17, 15) is 10.1 Å². The van der Waals surface area contributed by atoms with E-state index in [1.165, 1.54) is 7.11 Å². The molecule has 0 unspecified atom stereocenters. The molecule has 0 spiro atoms. The second-order valence-corrected chi connectivity index (χ2v) is 6.07. The lowest BCUT2D eigenvalue weighted by molar-refractivity contribution is -0.135. The van der Waals surface area contributed by atoms with Crippen LogP contribution < -0.4 is 14.2 Å². The van der Waals surface area contributed by atoms with Crippen molar-refractivity contribution in [1.82, 2.24) is 0 Å². The number of benzene rings is 2. The van der Waals surface area contributed by atoms with Gasteiger partial charge in [0.25, 0.3) is 0 Å². The third-order valence-corrected chi connectivity index (χ3v) is 4.36. The first-order valence-corrected chi connectivity index (χ1v) is 8.48. The van der Waals surface area contributed by atoms with Crippen LogP contribution >= 0.6 is 0 Å². The number of carbonyl (C=O) groups is 1. The fourth-order valence-corrected chi connectivity index (χ4v) is 2.96. The first-order valence-electron chi connectivity index (χ1n) is 8.48. The molecule has 0 saturated heterocycles. The summed E-state index contributed by atoms with van der Waals surface area (Å²) in [6.45, 7) is 1.93. The van der Waals surface area contributed by atoms with Gasteiger partial charge in [0.1, 0.15) is 23.2 Å². The van der Waals surface area contributed by atoms with Gasteiger partial charge in [-0.05, 0) is 43.3 Å². The lowest BCUT2D eigenvalue weighted by Crippen LogP contribution is -2.10. The molecule has 1 aliphatic rings.